The van der Waals surface area contributed by atoms with Crippen molar-refractivity contribution in [3.8, 4) is 0 Å². The van der Waals surface area contributed by atoms with Gasteiger partial charge in [-0.15, -0.1) is 5.73 Å². The zero-order chi connectivity index (χ0) is 24.5. The number of hydrogen-bond acceptors (Lipinski definition) is 2. The summed E-state index contributed by atoms with van der Waals surface area (Å²) in [4.78, 5) is 0. The SMILES string of the molecule is Cc1cc(C)cc(P(c2cc(C)cc(C)c2)[C@@H](C)C2=[C]C=C=C2P(c2ccco2)c2ccco2)c1. The van der Waals surface area contributed by atoms with Crippen molar-refractivity contribution in [2.45, 2.75) is 40.3 Å². The van der Waals surface area contributed by atoms with E-state index in [-0.39, 0.29) is 5.66 Å². The molecule has 0 aliphatic heterocycles. The van der Waals surface area contributed by atoms with Crippen molar-refractivity contribution in [2.75, 3.05) is 0 Å². The topological polar surface area (TPSA) is 26.3 Å². The first-order valence-corrected chi connectivity index (χ1v) is 14.6. The average Bonchev–Trinajstić information content (AvgIpc) is 3.57. The third-order valence-corrected chi connectivity index (χ3v) is 11.0. The summed E-state index contributed by atoms with van der Waals surface area (Å²) in [5.74, 6) is 0. The molecule has 0 bridgehead atoms. The molecule has 4 heteroatoms. The van der Waals surface area contributed by atoms with Gasteiger partial charge in [0.25, 0.3) is 0 Å². The molecule has 175 valence electrons. The summed E-state index contributed by atoms with van der Waals surface area (Å²) in [6, 6.07) is 21.9. The Hall–Kier alpha value is -2.88. The van der Waals surface area contributed by atoms with Crippen LogP contribution in [-0.4, -0.2) is 5.66 Å². The molecular weight excluding hydrogens is 466 g/mol. The minimum absolute atomic E-state index is 0.239. The number of allylic oxidation sites excluding steroid dienone is 3. The van der Waals surface area contributed by atoms with Gasteiger partial charge >= 0.3 is 0 Å². The van der Waals surface area contributed by atoms with E-state index in [2.05, 4.69) is 82.8 Å². The van der Waals surface area contributed by atoms with Gasteiger partial charge in [-0.1, -0.05) is 65.6 Å². The second-order valence-electron chi connectivity index (χ2n) is 9.17. The zero-order valence-corrected chi connectivity index (χ0v) is 22.6. The van der Waals surface area contributed by atoms with E-state index in [4.69, 9.17) is 8.83 Å². The molecule has 4 aromatic rings. The molecule has 1 aliphatic carbocycles. The number of furan rings is 2. The lowest BCUT2D eigenvalue weighted by Gasteiger charge is -2.30. The molecule has 2 heterocycles. The van der Waals surface area contributed by atoms with Crippen molar-refractivity contribution >= 4 is 37.5 Å². The maximum Gasteiger partial charge on any atom is 0.138 e. The fourth-order valence-corrected chi connectivity index (χ4v) is 10.1. The van der Waals surface area contributed by atoms with Gasteiger partial charge in [-0.05, 0) is 88.2 Å². The molecule has 0 saturated carbocycles. The van der Waals surface area contributed by atoms with Crippen LogP contribution in [-0.2, 0) is 0 Å². The predicted octanol–water partition coefficient (Wildman–Crippen LogP) is 6.84. The molecule has 1 radical (unpaired) electrons. The number of aryl methyl sites for hydroxylation is 4. The molecule has 2 aromatic carbocycles. The summed E-state index contributed by atoms with van der Waals surface area (Å²) in [5.41, 5.74) is 12.0. The Labute approximate surface area is 210 Å². The fraction of sp³-hybridized carbons (Fsp3) is 0.194. The lowest BCUT2D eigenvalue weighted by atomic mass is 10.2. The molecule has 1 atom stereocenters. The van der Waals surface area contributed by atoms with E-state index in [9.17, 15) is 0 Å². The van der Waals surface area contributed by atoms with Crippen molar-refractivity contribution in [1.29, 1.82) is 0 Å². The van der Waals surface area contributed by atoms with Gasteiger partial charge in [0.15, 0.2) is 0 Å². The van der Waals surface area contributed by atoms with Crippen LogP contribution >= 0.6 is 15.8 Å². The minimum atomic E-state index is -0.985. The molecule has 35 heavy (non-hydrogen) atoms. The highest BCUT2D eigenvalue weighted by molar-refractivity contribution is 7.77. The Morgan fingerprint density at radius 2 is 1.20 bits per heavy atom. The van der Waals surface area contributed by atoms with Crippen LogP contribution in [0.4, 0.5) is 0 Å². The van der Waals surface area contributed by atoms with Crippen LogP contribution in [0.3, 0.4) is 0 Å². The van der Waals surface area contributed by atoms with Crippen LogP contribution in [0.5, 0.6) is 0 Å². The third-order valence-electron chi connectivity index (χ3n) is 6.14. The maximum absolute atomic E-state index is 5.91. The Balaban J connectivity index is 1.62. The quantitative estimate of drug-likeness (QED) is 0.207. The van der Waals surface area contributed by atoms with Crippen LogP contribution in [0.25, 0.3) is 0 Å². The molecule has 5 rings (SSSR count). The van der Waals surface area contributed by atoms with Gasteiger partial charge in [0.1, 0.15) is 11.0 Å². The monoisotopic (exact) mass is 495 g/mol. The molecule has 0 N–H and O–H groups in total. The average molecular weight is 496 g/mol. The van der Waals surface area contributed by atoms with E-state index < -0.39 is 15.8 Å². The van der Waals surface area contributed by atoms with Gasteiger partial charge in [0.05, 0.1) is 20.4 Å². The first kappa shape index (κ1) is 23.8. The summed E-state index contributed by atoms with van der Waals surface area (Å²) in [5, 5.41) is 3.94. The normalized spacial score (nSPS) is 14.0. The van der Waals surface area contributed by atoms with Gasteiger partial charge in [-0.25, -0.2) is 0 Å². The minimum Gasteiger partial charge on any atom is -0.464 e. The fourth-order valence-electron chi connectivity index (χ4n) is 4.86. The third kappa shape index (κ3) is 4.94. The number of rotatable bonds is 7. The van der Waals surface area contributed by atoms with Crippen LogP contribution in [0.1, 0.15) is 29.2 Å². The van der Waals surface area contributed by atoms with E-state index in [1.165, 1.54) is 38.4 Å². The van der Waals surface area contributed by atoms with Gasteiger partial charge in [0.2, 0.25) is 0 Å². The molecule has 2 aromatic heterocycles. The number of hydrogen-bond donors (Lipinski definition) is 0. The molecule has 0 spiro atoms. The van der Waals surface area contributed by atoms with Gasteiger partial charge in [-0.3, -0.25) is 0 Å². The van der Waals surface area contributed by atoms with Gasteiger partial charge in [0, 0.05) is 11.0 Å². The van der Waals surface area contributed by atoms with Crippen molar-refractivity contribution in [3.05, 3.63) is 124 Å². The lowest BCUT2D eigenvalue weighted by molar-refractivity contribution is 0.593. The first-order chi connectivity index (χ1) is 16.9. The molecule has 0 fully saturated rings. The highest BCUT2D eigenvalue weighted by Gasteiger charge is 2.34. The summed E-state index contributed by atoms with van der Waals surface area (Å²) in [6.07, 6.45) is 9.00. The molecule has 2 nitrogen and oxygen atoms in total. The van der Waals surface area contributed by atoms with Crippen LogP contribution in [0.15, 0.2) is 105 Å². The van der Waals surface area contributed by atoms with E-state index in [0.29, 0.717) is 0 Å². The molecule has 0 amide bonds. The number of benzene rings is 2. The lowest BCUT2D eigenvalue weighted by Crippen LogP contribution is -2.24. The second kappa shape index (κ2) is 10.0. The summed E-state index contributed by atoms with van der Waals surface area (Å²) >= 11 is 0. The van der Waals surface area contributed by atoms with Crippen molar-refractivity contribution in [3.63, 3.8) is 0 Å². The Kier molecular flexibility index (Phi) is 6.82. The summed E-state index contributed by atoms with van der Waals surface area (Å²) in [6.45, 7) is 11.1. The highest BCUT2D eigenvalue weighted by Crippen LogP contribution is 2.54. The summed E-state index contributed by atoms with van der Waals surface area (Å²) in [7, 11) is -1.67. The van der Waals surface area contributed by atoms with E-state index in [0.717, 1.165) is 16.3 Å². The van der Waals surface area contributed by atoms with E-state index >= 15 is 0 Å². The predicted molar refractivity (Wildman–Crippen MR) is 149 cm³/mol. The molecule has 0 unspecified atom stereocenters. The molecule has 1 aliphatic rings. The van der Waals surface area contributed by atoms with E-state index in [1.807, 2.05) is 30.3 Å². The van der Waals surface area contributed by atoms with Crippen LogP contribution in [0, 0.1) is 33.8 Å². The summed E-state index contributed by atoms with van der Waals surface area (Å²) < 4.78 is 11.8. The smallest absolute Gasteiger partial charge is 0.138 e. The largest absolute Gasteiger partial charge is 0.464 e. The standard InChI is InChI=1S/C31H29O2P2/c1-21-15-22(2)18-26(17-21)34(27-19-23(3)16-24(4)20-27)25(5)28-9-6-10-29(28)35(30-11-7-13-32-30)31-12-8-14-33-31/h6-8,11-20,25H,1-5H3/t25-/m0/s1. The maximum atomic E-state index is 5.91. The van der Waals surface area contributed by atoms with Gasteiger partial charge < -0.3 is 8.83 Å². The van der Waals surface area contributed by atoms with E-state index in [1.54, 1.807) is 12.5 Å². The van der Waals surface area contributed by atoms with Crippen LogP contribution < -0.4 is 21.6 Å². The van der Waals surface area contributed by atoms with Gasteiger partial charge in [-0.2, -0.15) is 0 Å². The van der Waals surface area contributed by atoms with Crippen molar-refractivity contribution in [2.24, 2.45) is 0 Å². The molecule has 0 saturated heterocycles. The second-order valence-corrected chi connectivity index (χ2v) is 13.7. The zero-order valence-electron chi connectivity index (χ0n) is 20.8. The Bertz CT molecular complexity index is 1310. The van der Waals surface area contributed by atoms with Crippen LogP contribution in [0.2, 0.25) is 0 Å². The van der Waals surface area contributed by atoms with Crippen molar-refractivity contribution < 1.29 is 8.83 Å². The Morgan fingerprint density at radius 3 is 1.63 bits per heavy atom. The Morgan fingerprint density at radius 1 is 0.714 bits per heavy atom. The molecular formula is C31H29O2P2. The van der Waals surface area contributed by atoms with Crippen molar-refractivity contribution in [1.82, 2.24) is 0 Å². The highest BCUT2D eigenvalue weighted by atomic mass is 31.1. The first-order valence-electron chi connectivity index (χ1n) is 11.8.